The second-order valence-electron chi connectivity index (χ2n) is 6.89. The van der Waals surface area contributed by atoms with Crippen LogP contribution in [0.1, 0.15) is 50.9 Å². The highest BCUT2D eigenvalue weighted by Crippen LogP contribution is 2.27. The Balaban J connectivity index is 2.39. The number of ether oxygens (including phenoxy) is 1. The molecule has 0 radical (unpaired) electrons. The van der Waals surface area contributed by atoms with Crippen molar-refractivity contribution in [1.82, 2.24) is 10.3 Å². The molecule has 0 unspecified atom stereocenters. The van der Waals surface area contributed by atoms with E-state index >= 15 is 0 Å². The zero-order valence-electron chi connectivity index (χ0n) is 13.2. The Labute approximate surface area is 121 Å². The first-order chi connectivity index (χ1) is 8.74. The van der Waals surface area contributed by atoms with Gasteiger partial charge < -0.3 is 10.1 Å². The maximum absolute atomic E-state index is 5.15. The Hall–Kier alpha value is -0.450. The van der Waals surface area contributed by atoms with Crippen molar-refractivity contribution in [2.24, 2.45) is 5.41 Å². The highest BCUT2D eigenvalue weighted by atomic mass is 32.1. The lowest BCUT2D eigenvalue weighted by molar-refractivity contribution is 0.150. The van der Waals surface area contributed by atoms with Gasteiger partial charge in [0.05, 0.1) is 5.01 Å². The first-order valence-electron chi connectivity index (χ1n) is 6.89. The van der Waals surface area contributed by atoms with Gasteiger partial charge in [0.25, 0.3) is 0 Å². The van der Waals surface area contributed by atoms with Crippen LogP contribution < -0.4 is 5.32 Å². The number of hydrogen-bond donors (Lipinski definition) is 1. The second kappa shape index (κ2) is 6.82. The van der Waals surface area contributed by atoms with E-state index in [1.165, 1.54) is 9.88 Å². The Morgan fingerprint density at radius 3 is 2.47 bits per heavy atom. The molecule has 1 heterocycles. The lowest BCUT2D eigenvalue weighted by atomic mass is 9.90. The number of nitrogens with zero attached hydrogens (tertiary/aromatic N) is 1. The molecule has 0 aromatic carbocycles. The van der Waals surface area contributed by atoms with Crippen molar-refractivity contribution in [2.45, 2.75) is 53.0 Å². The van der Waals surface area contributed by atoms with E-state index in [2.05, 4.69) is 44.9 Å². The third kappa shape index (κ3) is 6.02. The Kier molecular flexibility index (Phi) is 5.96. The quantitative estimate of drug-likeness (QED) is 0.831. The molecule has 4 heteroatoms. The molecule has 0 aliphatic carbocycles. The molecule has 0 spiro atoms. The molecule has 1 rings (SSSR count). The van der Waals surface area contributed by atoms with Crippen molar-refractivity contribution in [1.29, 1.82) is 0 Å². The largest absolute Gasteiger partial charge is 0.385 e. The Morgan fingerprint density at radius 1 is 1.26 bits per heavy atom. The summed E-state index contributed by atoms with van der Waals surface area (Å²) in [6.45, 7) is 13.9. The van der Waals surface area contributed by atoms with E-state index in [0.717, 1.165) is 26.1 Å². The van der Waals surface area contributed by atoms with Gasteiger partial charge in [0.2, 0.25) is 0 Å². The molecule has 0 fully saturated rings. The van der Waals surface area contributed by atoms with Crippen molar-refractivity contribution in [3.8, 4) is 0 Å². The normalized spacial score (nSPS) is 12.9. The molecule has 110 valence electrons. The van der Waals surface area contributed by atoms with Crippen molar-refractivity contribution in [3.05, 3.63) is 16.1 Å². The van der Waals surface area contributed by atoms with Crippen molar-refractivity contribution in [3.63, 3.8) is 0 Å². The minimum atomic E-state index is 0.153. The van der Waals surface area contributed by atoms with Gasteiger partial charge in [0, 0.05) is 43.3 Å². The van der Waals surface area contributed by atoms with Crippen molar-refractivity contribution < 1.29 is 4.74 Å². The molecular weight excluding hydrogens is 256 g/mol. The molecule has 1 N–H and O–H groups in total. The summed E-state index contributed by atoms with van der Waals surface area (Å²) in [5, 5.41) is 4.74. The first kappa shape index (κ1) is 16.6. The fourth-order valence-corrected chi connectivity index (χ4v) is 2.67. The highest BCUT2D eigenvalue weighted by Gasteiger charge is 2.19. The molecular formula is C15H28N2OS. The smallest absolute Gasteiger partial charge is 0.0981 e. The van der Waals surface area contributed by atoms with Gasteiger partial charge >= 0.3 is 0 Å². The van der Waals surface area contributed by atoms with Gasteiger partial charge in [-0.25, -0.2) is 4.98 Å². The van der Waals surface area contributed by atoms with Crippen LogP contribution in [0.15, 0.2) is 6.20 Å². The topological polar surface area (TPSA) is 34.1 Å². The van der Waals surface area contributed by atoms with Gasteiger partial charge in [-0.1, -0.05) is 34.6 Å². The summed E-state index contributed by atoms with van der Waals surface area (Å²) in [6, 6.07) is 0. The molecule has 0 saturated heterocycles. The summed E-state index contributed by atoms with van der Waals surface area (Å²) in [7, 11) is 1.76. The number of methoxy groups -OCH3 is 1. The molecule has 0 aliphatic rings. The van der Waals surface area contributed by atoms with Gasteiger partial charge in [-0.2, -0.15) is 0 Å². The Morgan fingerprint density at radius 2 is 1.95 bits per heavy atom. The van der Waals surface area contributed by atoms with Gasteiger partial charge in [0.1, 0.15) is 0 Å². The first-order valence-corrected chi connectivity index (χ1v) is 7.71. The van der Waals surface area contributed by atoms with E-state index in [9.17, 15) is 0 Å². The zero-order chi connectivity index (χ0) is 14.5. The minimum absolute atomic E-state index is 0.153. The van der Waals surface area contributed by atoms with Crippen LogP contribution in [0.2, 0.25) is 0 Å². The van der Waals surface area contributed by atoms with E-state index in [-0.39, 0.29) is 10.8 Å². The minimum Gasteiger partial charge on any atom is -0.385 e. The summed E-state index contributed by atoms with van der Waals surface area (Å²) in [5.74, 6) is 0. The van der Waals surface area contributed by atoms with Crippen LogP contribution in [0.5, 0.6) is 0 Å². The number of rotatable bonds is 7. The van der Waals surface area contributed by atoms with E-state index in [1.54, 1.807) is 7.11 Å². The van der Waals surface area contributed by atoms with E-state index < -0.39 is 0 Å². The van der Waals surface area contributed by atoms with Crippen molar-refractivity contribution >= 4 is 11.3 Å². The summed E-state index contributed by atoms with van der Waals surface area (Å²) < 4.78 is 5.15. The van der Waals surface area contributed by atoms with Crippen molar-refractivity contribution in [2.75, 3.05) is 20.3 Å². The van der Waals surface area contributed by atoms with Gasteiger partial charge in [-0.05, 0) is 11.8 Å². The van der Waals surface area contributed by atoms with Gasteiger partial charge in [-0.3, -0.25) is 0 Å². The van der Waals surface area contributed by atoms with Crippen LogP contribution in [0.4, 0.5) is 0 Å². The lowest BCUT2D eigenvalue weighted by Gasteiger charge is -2.24. The van der Waals surface area contributed by atoms with Crippen LogP contribution in [0, 0.1) is 5.41 Å². The predicted octanol–water partition coefficient (Wildman–Crippen LogP) is 3.59. The molecule has 19 heavy (non-hydrogen) atoms. The molecule has 0 aliphatic heterocycles. The average molecular weight is 284 g/mol. The second-order valence-corrected chi connectivity index (χ2v) is 8.01. The molecule has 0 bridgehead atoms. The standard InChI is InChI=1S/C15H28N2OS/c1-14(2,3)13-17-10-12(19-13)9-16-11-15(4,5)7-8-18-6/h10,16H,7-9,11H2,1-6H3. The monoisotopic (exact) mass is 284 g/mol. The number of nitrogens with one attached hydrogen (secondary N) is 1. The van der Waals surface area contributed by atoms with Gasteiger partial charge in [-0.15, -0.1) is 11.3 Å². The summed E-state index contributed by atoms with van der Waals surface area (Å²) in [6.07, 6.45) is 3.08. The van der Waals surface area contributed by atoms with Crippen LogP contribution in [0.3, 0.4) is 0 Å². The lowest BCUT2D eigenvalue weighted by Crippen LogP contribution is -2.29. The maximum atomic E-state index is 5.15. The van der Waals surface area contributed by atoms with E-state index in [1.807, 2.05) is 17.5 Å². The molecule has 0 amide bonds. The van der Waals surface area contributed by atoms with Crippen LogP contribution >= 0.6 is 11.3 Å². The number of hydrogen-bond acceptors (Lipinski definition) is 4. The summed E-state index contributed by atoms with van der Waals surface area (Å²) in [5.41, 5.74) is 0.425. The fraction of sp³-hybridized carbons (Fsp3) is 0.800. The molecule has 1 aromatic rings. The summed E-state index contributed by atoms with van der Waals surface area (Å²) in [4.78, 5) is 5.82. The number of thiazole rings is 1. The molecule has 1 aromatic heterocycles. The third-order valence-corrected chi connectivity index (χ3v) is 4.50. The predicted molar refractivity (Wildman–Crippen MR) is 82.8 cm³/mol. The highest BCUT2D eigenvalue weighted by molar-refractivity contribution is 7.11. The van der Waals surface area contributed by atoms with E-state index in [0.29, 0.717) is 0 Å². The molecule has 0 atom stereocenters. The van der Waals surface area contributed by atoms with Crippen LogP contribution in [-0.2, 0) is 16.7 Å². The van der Waals surface area contributed by atoms with E-state index in [4.69, 9.17) is 4.74 Å². The van der Waals surface area contributed by atoms with Crippen LogP contribution in [-0.4, -0.2) is 25.2 Å². The average Bonchev–Trinajstić information content (AvgIpc) is 2.74. The maximum Gasteiger partial charge on any atom is 0.0981 e. The summed E-state index contributed by atoms with van der Waals surface area (Å²) >= 11 is 1.81. The third-order valence-electron chi connectivity index (χ3n) is 3.08. The molecule has 3 nitrogen and oxygen atoms in total. The molecule has 0 saturated carbocycles. The fourth-order valence-electron chi connectivity index (χ4n) is 1.73. The zero-order valence-corrected chi connectivity index (χ0v) is 14.0. The SMILES string of the molecule is COCCC(C)(C)CNCc1cnc(C(C)(C)C)s1. The Bertz CT molecular complexity index is 380. The number of aromatic nitrogens is 1. The van der Waals surface area contributed by atoms with Gasteiger partial charge in [0.15, 0.2) is 0 Å². The van der Waals surface area contributed by atoms with Crippen LogP contribution in [0.25, 0.3) is 0 Å².